The Kier molecular flexibility index (Phi) is 4.17. The smallest absolute Gasteiger partial charge is 0.193 e. The molecule has 1 aromatic rings. The maximum absolute atomic E-state index is 5.60. The van der Waals surface area contributed by atoms with Crippen molar-refractivity contribution >= 4 is 17.3 Å². The molecule has 3 rings (SSSR count). The van der Waals surface area contributed by atoms with Crippen molar-refractivity contribution in [3.63, 3.8) is 0 Å². The van der Waals surface area contributed by atoms with E-state index < -0.39 is 0 Å². The molecule has 1 N–H and O–H groups in total. The number of aromatic nitrogens is 1. The molecule has 2 aliphatic rings. The number of hydrogen-bond acceptors (Lipinski definition) is 4. The van der Waals surface area contributed by atoms with Crippen LogP contribution in [0.4, 0.5) is 0 Å². The molecular weight excluding hydrogens is 284 g/mol. The third kappa shape index (κ3) is 3.06. The monoisotopic (exact) mass is 308 g/mol. The minimum atomic E-state index is 0.370. The van der Waals surface area contributed by atoms with Crippen LogP contribution in [0.15, 0.2) is 4.99 Å². The average molecular weight is 308 g/mol. The Hall–Kier alpha value is -1.14. The molecule has 2 aliphatic heterocycles. The summed E-state index contributed by atoms with van der Waals surface area (Å²) in [6, 6.07) is 0. The Morgan fingerprint density at radius 2 is 2.33 bits per heavy atom. The van der Waals surface area contributed by atoms with E-state index in [1.807, 2.05) is 7.05 Å². The molecule has 3 heterocycles. The summed E-state index contributed by atoms with van der Waals surface area (Å²) in [7, 11) is 1.86. The molecule has 2 saturated heterocycles. The maximum atomic E-state index is 5.60. The highest BCUT2D eigenvalue weighted by atomic mass is 32.1. The molecule has 116 valence electrons. The van der Waals surface area contributed by atoms with Gasteiger partial charge in [0.05, 0.1) is 23.9 Å². The molecular formula is C15H24N4OS. The fraction of sp³-hybridized carbons (Fsp3) is 0.733. The van der Waals surface area contributed by atoms with Crippen LogP contribution in [0.5, 0.6) is 0 Å². The van der Waals surface area contributed by atoms with E-state index in [1.54, 1.807) is 11.3 Å². The van der Waals surface area contributed by atoms with Gasteiger partial charge in [0.1, 0.15) is 0 Å². The van der Waals surface area contributed by atoms with Gasteiger partial charge in [-0.2, -0.15) is 0 Å². The van der Waals surface area contributed by atoms with Gasteiger partial charge in [0.25, 0.3) is 0 Å². The Bertz CT molecular complexity index is 534. The van der Waals surface area contributed by atoms with Crippen LogP contribution in [0, 0.1) is 19.3 Å². The lowest BCUT2D eigenvalue weighted by atomic mass is 9.87. The van der Waals surface area contributed by atoms with Gasteiger partial charge in [0, 0.05) is 37.0 Å². The number of thiazole rings is 1. The molecule has 2 fully saturated rings. The van der Waals surface area contributed by atoms with Crippen LogP contribution in [-0.4, -0.2) is 49.2 Å². The van der Waals surface area contributed by atoms with Crippen LogP contribution in [0.25, 0.3) is 0 Å². The maximum Gasteiger partial charge on any atom is 0.193 e. The van der Waals surface area contributed by atoms with Crippen LogP contribution in [-0.2, 0) is 11.3 Å². The van der Waals surface area contributed by atoms with E-state index in [0.29, 0.717) is 5.41 Å². The summed E-state index contributed by atoms with van der Waals surface area (Å²) in [6.07, 6.45) is 2.40. The molecule has 0 radical (unpaired) electrons. The molecule has 0 aromatic carbocycles. The fourth-order valence-corrected chi connectivity index (χ4v) is 4.19. The Balaban J connectivity index is 1.60. The number of nitrogens with one attached hydrogen (secondary N) is 1. The number of ether oxygens (including phenoxy) is 1. The summed E-state index contributed by atoms with van der Waals surface area (Å²) in [5.74, 6) is 1.00. The third-order valence-corrected chi connectivity index (χ3v) is 5.61. The van der Waals surface area contributed by atoms with Gasteiger partial charge in [-0.05, 0) is 26.7 Å². The fourth-order valence-electron chi connectivity index (χ4n) is 3.32. The first kappa shape index (κ1) is 14.8. The summed E-state index contributed by atoms with van der Waals surface area (Å²) >= 11 is 1.76. The lowest BCUT2D eigenvalue weighted by Gasteiger charge is -2.24. The van der Waals surface area contributed by atoms with Gasteiger partial charge in [-0.3, -0.25) is 4.99 Å². The Labute approximate surface area is 130 Å². The molecule has 1 aromatic heterocycles. The number of hydrogen-bond donors (Lipinski definition) is 1. The number of aliphatic imine (C=N–C) groups is 1. The van der Waals surface area contributed by atoms with Crippen molar-refractivity contribution in [2.45, 2.75) is 33.2 Å². The average Bonchev–Trinajstić information content (AvgIpc) is 3.15. The van der Waals surface area contributed by atoms with Crippen molar-refractivity contribution in [1.29, 1.82) is 0 Å². The van der Waals surface area contributed by atoms with Crippen molar-refractivity contribution in [3.05, 3.63) is 15.6 Å². The summed E-state index contributed by atoms with van der Waals surface area (Å²) in [5.41, 5.74) is 1.50. The first-order chi connectivity index (χ1) is 10.1. The zero-order valence-electron chi connectivity index (χ0n) is 13.1. The van der Waals surface area contributed by atoms with E-state index in [-0.39, 0.29) is 0 Å². The van der Waals surface area contributed by atoms with Crippen LogP contribution < -0.4 is 5.32 Å². The Morgan fingerprint density at radius 1 is 1.48 bits per heavy atom. The molecule has 5 nitrogen and oxygen atoms in total. The summed E-state index contributed by atoms with van der Waals surface area (Å²) in [4.78, 5) is 12.6. The lowest BCUT2D eigenvalue weighted by Crippen LogP contribution is -2.41. The van der Waals surface area contributed by atoms with Gasteiger partial charge < -0.3 is 15.0 Å². The number of nitrogens with zero attached hydrogens (tertiary/aromatic N) is 3. The molecule has 21 heavy (non-hydrogen) atoms. The predicted molar refractivity (Wildman–Crippen MR) is 85.8 cm³/mol. The highest BCUT2D eigenvalue weighted by molar-refractivity contribution is 7.11. The van der Waals surface area contributed by atoms with Crippen molar-refractivity contribution < 1.29 is 4.74 Å². The van der Waals surface area contributed by atoms with E-state index in [0.717, 1.165) is 49.5 Å². The van der Waals surface area contributed by atoms with Crippen molar-refractivity contribution in [2.75, 3.05) is 33.4 Å². The van der Waals surface area contributed by atoms with Gasteiger partial charge in [0.2, 0.25) is 0 Å². The van der Waals surface area contributed by atoms with Gasteiger partial charge in [-0.25, -0.2) is 4.98 Å². The number of likely N-dealkylation sites (tertiary alicyclic amines) is 1. The molecule has 1 atom stereocenters. The summed E-state index contributed by atoms with van der Waals surface area (Å²) < 4.78 is 5.60. The van der Waals surface area contributed by atoms with Crippen LogP contribution in [0.1, 0.15) is 28.4 Å². The summed E-state index contributed by atoms with van der Waals surface area (Å²) in [5, 5.41) is 4.62. The van der Waals surface area contributed by atoms with Crippen LogP contribution in [0.2, 0.25) is 0 Å². The lowest BCUT2D eigenvalue weighted by molar-refractivity contribution is 0.156. The zero-order valence-corrected chi connectivity index (χ0v) is 13.9. The van der Waals surface area contributed by atoms with E-state index in [4.69, 9.17) is 4.74 Å². The first-order valence-electron chi connectivity index (χ1n) is 7.58. The second-order valence-electron chi connectivity index (χ2n) is 6.12. The molecule has 6 heteroatoms. The van der Waals surface area contributed by atoms with Crippen LogP contribution in [0.3, 0.4) is 0 Å². The second kappa shape index (κ2) is 5.93. The third-order valence-electron chi connectivity index (χ3n) is 4.54. The molecule has 0 saturated carbocycles. The van der Waals surface area contributed by atoms with Crippen molar-refractivity contribution in [1.82, 2.24) is 15.2 Å². The molecule has 0 amide bonds. The molecule has 1 spiro atoms. The van der Waals surface area contributed by atoms with E-state index in [2.05, 4.69) is 34.0 Å². The quantitative estimate of drug-likeness (QED) is 0.670. The van der Waals surface area contributed by atoms with E-state index in [1.165, 1.54) is 17.7 Å². The van der Waals surface area contributed by atoms with E-state index in [9.17, 15) is 0 Å². The minimum absolute atomic E-state index is 0.370. The standard InChI is InChI=1S/C15H24N4OS/c1-11-13(21-12(2)18-11)8-17-14(16-3)19-6-4-15(9-19)5-7-20-10-15/h4-10H2,1-3H3,(H,16,17). The van der Waals surface area contributed by atoms with Gasteiger partial charge in [0.15, 0.2) is 5.96 Å². The number of guanidine groups is 1. The highest BCUT2D eigenvalue weighted by Crippen LogP contribution is 2.38. The van der Waals surface area contributed by atoms with Gasteiger partial charge in [-0.1, -0.05) is 0 Å². The first-order valence-corrected chi connectivity index (χ1v) is 8.40. The molecule has 0 bridgehead atoms. The Morgan fingerprint density at radius 3 is 2.95 bits per heavy atom. The van der Waals surface area contributed by atoms with Crippen molar-refractivity contribution in [2.24, 2.45) is 10.4 Å². The van der Waals surface area contributed by atoms with Crippen LogP contribution >= 0.6 is 11.3 Å². The topological polar surface area (TPSA) is 49.8 Å². The van der Waals surface area contributed by atoms with E-state index >= 15 is 0 Å². The normalized spacial score (nSPS) is 26.0. The summed E-state index contributed by atoms with van der Waals surface area (Å²) in [6.45, 7) is 8.90. The molecule has 0 aliphatic carbocycles. The number of aryl methyl sites for hydroxylation is 2. The highest BCUT2D eigenvalue weighted by Gasteiger charge is 2.42. The zero-order chi connectivity index (χ0) is 14.9. The number of rotatable bonds is 2. The predicted octanol–water partition coefficient (Wildman–Crippen LogP) is 1.95. The minimum Gasteiger partial charge on any atom is -0.381 e. The molecule has 1 unspecified atom stereocenters. The largest absolute Gasteiger partial charge is 0.381 e. The van der Waals surface area contributed by atoms with Gasteiger partial charge >= 0.3 is 0 Å². The van der Waals surface area contributed by atoms with Gasteiger partial charge in [-0.15, -0.1) is 11.3 Å². The SMILES string of the molecule is CN=C(NCc1sc(C)nc1C)N1CCC2(CCOC2)C1. The van der Waals surface area contributed by atoms with Crippen molar-refractivity contribution in [3.8, 4) is 0 Å². The second-order valence-corrected chi connectivity index (χ2v) is 7.40.